The number of rotatable bonds is 5. The van der Waals surface area contributed by atoms with Gasteiger partial charge in [0.15, 0.2) is 0 Å². The molecule has 0 radical (unpaired) electrons. The van der Waals surface area contributed by atoms with Crippen LogP contribution in [0.2, 0.25) is 0 Å². The summed E-state index contributed by atoms with van der Waals surface area (Å²) in [7, 11) is -2.70. The second-order valence-corrected chi connectivity index (χ2v) is 6.07. The molecule has 1 rings (SSSR count). The molecule has 4 N–H and O–H groups in total. The number of amides is 1. The molecular weight excluding hydrogens is 258 g/mol. The molecular formula is C10H21N3O4S. The van der Waals surface area contributed by atoms with Crippen LogP contribution < -0.4 is 15.2 Å². The van der Waals surface area contributed by atoms with Crippen LogP contribution in [0, 0.1) is 11.8 Å². The standard InChI is InChI=1S/C10H21N3O4S/c1-17-10(14)13-18(15,16)12-7-9-4-2-8(6-11)3-5-9/h8-9,12H,2-7,11H2,1H3,(H,13,14). The first-order valence-electron chi connectivity index (χ1n) is 6.02. The fourth-order valence-electron chi connectivity index (χ4n) is 2.09. The van der Waals surface area contributed by atoms with Crippen LogP contribution in [0.3, 0.4) is 0 Å². The van der Waals surface area contributed by atoms with Crippen molar-refractivity contribution in [1.29, 1.82) is 0 Å². The molecule has 0 spiro atoms. The quantitative estimate of drug-likeness (QED) is 0.653. The van der Waals surface area contributed by atoms with E-state index < -0.39 is 16.3 Å². The van der Waals surface area contributed by atoms with Crippen molar-refractivity contribution in [3.05, 3.63) is 0 Å². The Bertz CT molecular complexity index is 363. The maximum absolute atomic E-state index is 11.4. The van der Waals surface area contributed by atoms with E-state index in [1.54, 1.807) is 4.72 Å². The van der Waals surface area contributed by atoms with Gasteiger partial charge >= 0.3 is 16.3 Å². The van der Waals surface area contributed by atoms with Crippen molar-refractivity contribution in [2.24, 2.45) is 17.6 Å². The van der Waals surface area contributed by atoms with Gasteiger partial charge in [-0.05, 0) is 44.1 Å². The Hall–Kier alpha value is -0.860. The number of carbonyl (C=O) groups is 1. The molecule has 8 heteroatoms. The number of hydrogen-bond acceptors (Lipinski definition) is 5. The minimum Gasteiger partial charge on any atom is -0.452 e. The molecule has 1 aliphatic rings. The number of nitrogens with one attached hydrogen (secondary N) is 2. The highest BCUT2D eigenvalue weighted by molar-refractivity contribution is 7.88. The molecule has 7 nitrogen and oxygen atoms in total. The smallest absolute Gasteiger partial charge is 0.421 e. The first kappa shape index (κ1) is 15.2. The third-order valence-electron chi connectivity index (χ3n) is 3.26. The molecule has 0 aromatic heterocycles. The van der Waals surface area contributed by atoms with Crippen molar-refractivity contribution in [2.75, 3.05) is 20.2 Å². The van der Waals surface area contributed by atoms with Gasteiger partial charge in [-0.1, -0.05) is 0 Å². The van der Waals surface area contributed by atoms with Crippen molar-refractivity contribution in [2.45, 2.75) is 25.7 Å². The molecule has 1 aliphatic carbocycles. The molecule has 1 saturated carbocycles. The summed E-state index contributed by atoms with van der Waals surface area (Å²) in [6, 6.07) is 0. The zero-order valence-electron chi connectivity index (χ0n) is 10.5. The lowest BCUT2D eigenvalue weighted by Crippen LogP contribution is -2.42. The van der Waals surface area contributed by atoms with Crippen LogP contribution in [-0.2, 0) is 14.9 Å². The number of hydrogen-bond donors (Lipinski definition) is 3. The van der Waals surface area contributed by atoms with E-state index in [4.69, 9.17) is 5.73 Å². The zero-order valence-corrected chi connectivity index (χ0v) is 11.3. The fraction of sp³-hybridized carbons (Fsp3) is 0.900. The molecule has 0 aromatic carbocycles. The maximum atomic E-state index is 11.4. The van der Waals surface area contributed by atoms with E-state index in [0.717, 1.165) is 32.8 Å². The van der Waals surface area contributed by atoms with Gasteiger partial charge in [0.05, 0.1) is 7.11 Å². The van der Waals surface area contributed by atoms with Gasteiger partial charge in [0, 0.05) is 6.54 Å². The highest BCUT2D eigenvalue weighted by Gasteiger charge is 2.22. The number of ether oxygens (including phenoxy) is 1. The second-order valence-electron chi connectivity index (χ2n) is 4.57. The van der Waals surface area contributed by atoms with Crippen LogP contribution in [0.25, 0.3) is 0 Å². The zero-order chi connectivity index (χ0) is 13.6. The SMILES string of the molecule is COC(=O)NS(=O)(=O)NCC1CCC(CN)CC1. The van der Waals surface area contributed by atoms with E-state index in [2.05, 4.69) is 9.46 Å². The van der Waals surface area contributed by atoms with E-state index in [0.29, 0.717) is 24.9 Å². The Balaban J connectivity index is 2.30. The number of carbonyl (C=O) groups excluding carboxylic acids is 1. The molecule has 1 amide bonds. The lowest BCUT2D eigenvalue weighted by Gasteiger charge is -2.27. The van der Waals surface area contributed by atoms with Crippen molar-refractivity contribution >= 4 is 16.3 Å². The summed E-state index contributed by atoms with van der Waals surface area (Å²) in [5.41, 5.74) is 5.59. The monoisotopic (exact) mass is 279 g/mol. The second kappa shape index (κ2) is 6.91. The molecule has 0 heterocycles. The van der Waals surface area contributed by atoms with Crippen molar-refractivity contribution in [3.8, 4) is 0 Å². The maximum Gasteiger partial charge on any atom is 0.421 e. The summed E-state index contributed by atoms with van der Waals surface area (Å²) in [5, 5.41) is 0. The Morgan fingerprint density at radius 2 is 1.83 bits per heavy atom. The van der Waals surface area contributed by atoms with Crippen LogP contribution in [-0.4, -0.2) is 34.7 Å². The summed E-state index contributed by atoms with van der Waals surface area (Å²) < 4.78 is 31.2. The van der Waals surface area contributed by atoms with Gasteiger partial charge in [-0.2, -0.15) is 13.1 Å². The average molecular weight is 279 g/mol. The van der Waals surface area contributed by atoms with Crippen LogP contribution in [0.4, 0.5) is 4.79 Å². The molecule has 0 bridgehead atoms. The topological polar surface area (TPSA) is 111 Å². The predicted molar refractivity (Wildman–Crippen MR) is 67.0 cm³/mol. The largest absolute Gasteiger partial charge is 0.452 e. The van der Waals surface area contributed by atoms with E-state index in [1.807, 2.05) is 0 Å². The summed E-state index contributed by atoms with van der Waals surface area (Å²) in [6.07, 6.45) is 3.00. The third-order valence-corrected chi connectivity index (χ3v) is 4.25. The Morgan fingerprint density at radius 1 is 1.28 bits per heavy atom. The van der Waals surface area contributed by atoms with Gasteiger partial charge in [0.25, 0.3) is 0 Å². The van der Waals surface area contributed by atoms with Crippen LogP contribution >= 0.6 is 0 Å². The minimum absolute atomic E-state index is 0.307. The Morgan fingerprint density at radius 3 is 2.33 bits per heavy atom. The van der Waals surface area contributed by atoms with Crippen LogP contribution in [0.5, 0.6) is 0 Å². The fourth-order valence-corrected chi connectivity index (χ4v) is 2.92. The van der Waals surface area contributed by atoms with Gasteiger partial charge in [-0.3, -0.25) is 0 Å². The molecule has 0 atom stereocenters. The molecule has 106 valence electrons. The van der Waals surface area contributed by atoms with Crippen molar-refractivity contribution in [1.82, 2.24) is 9.44 Å². The average Bonchev–Trinajstić information content (AvgIpc) is 2.36. The van der Waals surface area contributed by atoms with Gasteiger partial charge < -0.3 is 10.5 Å². The van der Waals surface area contributed by atoms with Crippen LogP contribution in [0.15, 0.2) is 0 Å². The normalized spacial score (nSPS) is 24.6. The molecule has 0 saturated heterocycles. The molecule has 0 unspecified atom stereocenters. The summed E-state index contributed by atoms with van der Waals surface area (Å²) in [4.78, 5) is 10.8. The molecule has 0 aromatic rings. The highest BCUT2D eigenvalue weighted by Crippen LogP contribution is 2.27. The molecule has 1 fully saturated rings. The number of methoxy groups -OCH3 is 1. The van der Waals surface area contributed by atoms with E-state index in [1.165, 1.54) is 0 Å². The predicted octanol–water partition coefficient (Wildman–Crippen LogP) is -0.0581. The lowest BCUT2D eigenvalue weighted by atomic mass is 9.82. The van der Waals surface area contributed by atoms with Crippen molar-refractivity contribution in [3.63, 3.8) is 0 Å². The molecule has 18 heavy (non-hydrogen) atoms. The minimum atomic E-state index is -3.81. The van der Waals surface area contributed by atoms with Gasteiger partial charge in [-0.15, -0.1) is 0 Å². The van der Waals surface area contributed by atoms with E-state index in [9.17, 15) is 13.2 Å². The summed E-state index contributed by atoms with van der Waals surface area (Å²) in [6.45, 7) is 1.03. The summed E-state index contributed by atoms with van der Waals surface area (Å²) >= 11 is 0. The molecule has 0 aliphatic heterocycles. The Kier molecular flexibility index (Phi) is 5.83. The number of nitrogens with two attached hydrogens (primary N) is 1. The van der Waals surface area contributed by atoms with Gasteiger partial charge in [0.2, 0.25) is 0 Å². The summed E-state index contributed by atoms with van der Waals surface area (Å²) in [5.74, 6) is 0.869. The lowest BCUT2D eigenvalue weighted by molar-refractivity contribution is 0.177. The van der Waals surface area contributed by atoms with Crippen molar-refractivity contribution < 1.29 is 17.9 Å². The van der Waals surface area contributed by atoms with Crippen LogP contribution in [0.1, 0.15) is 25.7 Å². The van der Waals surface area contributed by atoms with E-state index >= 15 is 0 Å². The highest BCUT2D eigenvalue weighted by atomic mass is 32.2. The first-order chi connectivity index (χ1) is 8.46. The van der Waals surface area contributed by atoms with Gasteiger partial charge in [-0.25, -0.2) is 9.52 Å². The van der Waals surface area contributed by atoms with Gasteiger partial charge in [0.1, 0.15) is 0 Å². The first-order valence-corrected chi connectivity index (χ1v) is 7.50. The Labute approximate surface area is 108 Å². The third kappa shape index (κ3) is 5.19. The van der Waals surface area contributed by atoms with E-state index in [-0.39, 0.29) is 0 Å².